The van der Waals surface area contributed by atoms with Crippen LogP contribution in [0.4, 0.5) is 5.69 Å². The number of aliphatic hydroxyl groups is 1. The lowest BCUT2D eigenvalue weighted by Gasteiger charge is -2.21. The van der Waals surface area contributed by atoms with E-state index in [-0.39, 0.29) is 18.6 Å². The van der Waals surface area contributed by atoms with Gasteiger partial charge >= 0.3 is 0 Å². The molecule has 4 heteroatoms. The maximum atomic E-state index is 12.1. The lowest BCUT2D eigenvalue weighted by atomic mass is 10.1. The number of hydrogen-bond donors (Lipinski definition) is 2. The van der Waals surface area contributed by atoms with E-state index in [0.717, 1.165) is 19.3 Å². The minimum Gasteiger partial charge on any atom is -0.384 e. The van der Waals surface area contributed by atoms with Crippen molar-refractivity contribution in [2.24, 2.45) is 0 Å². The van der Waals surface area contributed by atoms with Gasteiger partial charge in [-0.05, 0) is 31.4 Å². The quantitative estimate of drug-likeness (QED) is 0.792. The van der Waals surface area contributed by atoms with Gasteiger partial charge in [0.2, 0.25) is 0 Å². The number of anilines is 1. The number of nitrogens with one attached hydrogen (secondary N) is 1. The predicted octanol–water partition coefficient (Wildman–Crippen LogP) is 1.54. The molecule has 1 fully saturated rings. The van der Waals surface area contributed by atoms with E-state index in [1.54, 1.807) is 12.1 Å². The summed E-state index contributed by atoms with van der Waals surface area (Å²) in [5.74, 6) is 5.27. The zero-order valence-electron chi connectivity index (χ0n) is 10.7. The highest BCUT2D eigenvalue weighted by molar-refractivity contribution is 5.95. The van der Waals surface area contributed by atoms with Crippen molar-refractivity contribution in [3.05, 3.63) is 29.8 Å². The predicted molar refractivity (Wildman–Crippen MR) is 72.6 cm³/mol. The van der Waals surface area contributed by atoms with E-state index in [1.165, 1.54) is 0 Å². The Morgan fingerprint density at radius 3 is 3.00 bits per heavy atom. The molecule has 2 N–H and O–H groups in total. The summed E-state index contributed by atoms with van der Waals surface area (Å²) < 4.78 is 5.44. The average Bonchev–Trinajstić information content (AvgIpc) is 2.47. The fourth-order valence-corrected chi connectivity index (χ4v) is 2.00. The van der Waals surface area contributed by atoms with Gasteiger partial charge in [-0.1, -0.05) is 24.0 Å². The lowest BCUT2D eigenvalue weighted by Crippen LogP contribution is -2.33. The largest absolute Gasteiger partial charge is 0.384 e. The number of rotatable bonds is 2. The van der Waals surface area contributed by atoms with E-state index in [9.17, 15) is 4.79 Å². The summed E-state index contributed by atoms with van der Waals surface area (Å²) in [6, 6.07) is 7.28. The highest BCUT2D eigenvalue weighted by Crippen LogP contribution is 2.18. The third-order valence-corrected chi connectivity index (χ3v) is 2.96. The number of carbonyl (C=O) groups excluding carboxylic acids is 1. The molecule has 4 nitrogen and oxygen atoms in total. The van der Waals surface area contributed by atoms with Crippen LogP contribution in [0.25, 0.3) is 0 Å². The third kappa shape index (κ3) is 3.82. The van der Waals surface area contributed by atoms with Crippen LogP contribution in [0.5, 0.6) is 0 Å². The van der Waals surface area contributed by atoms with Gasteiger partial charge in [-0.3, -0.25) is 4.79 Å². The number of para-hydroxylation sites is 1. The van der Waals surface area contributed by atoms with Crippen LogP contribution in [0.1, 0.15) is 24.8 Å². The minimum atomic E-state index is -0.368. The normalized spacial score (nSPS) is 18.3. The molecule has 1 unspecified atom stereocenters. The molecule has 1 aromatic carbocycles. The second kappa shape index (κ2) is 6.93. The van der Waals surface area contributed by atoms with E-state index < -0.39 is 0 Å². The Kier molecular flexibility index (Phi) is 4.96. The molecule has 1 aromatic rings. The SMILES string of the molecule is O=C(Nc1ccccc1C#CCO)C1CCCCO1. The first kappa shape index (κ1) is 13.6. The highest BCUT2D eigenvalue weighted by atomic mass is 16.5. The van der Waals surface area contributed by atoms with Gasteiger partial charge in [0, 0.05) is 12.2 Å². The molecule has 1 amide bonds. The monoisotopic (exact) mass is 259 g/mol. The molecule has 2 rings (SSSR count). The molecule has 1 aliphatic rings. The standard InChI is InChI=1S/C15H17NO3/c17-10-5-7-12-6-1-2-8-13(12)16-15(18)14-9-3-4-11-19-14/h1-2,6,8,14,17H,3-4,9-11H2,(H,16,18). The van der Waals surface area contributed by atoms with Crippen molar-refractivity contribution >= 4 is 11.6 Å². The molecule has 0 radical (unpaired) electrons. The molecule has 0 spiro atoms. The van der Waals surface area contributed by atoms with Gasteiger partial charge in [0.1, 0.15) is 12.7 Å². The number of ether oxygens (including phenoxy) is 1. The van der Waals surface area contributed by atoms with Crippen molar-refractivity contribution in [1.29, 1.82) is 0 Å². The molecule has 1 saturated heterocycles. The summed E-state index contributed by atoms with van der Waals surface area (Å²) >= 11 is 0. The van der Waals surface area contributed by atoms with Crippen LogP contribution in [0.2, 0.25) is 0 Å². The van der Waals surface area contributed by atoms with Crippen molar-refractivity contribution in [2.45, 2.75) is 25.4 Å². The number of benzene rings is 1. The van der Waals surface area contributed by atoms with E-state index >= 15 is 0 Å². The molecule has 19 heavy (non-hydrogen) atoms. The van der Waals surface area contributed by atoms with Gasteiger partial charge in [-0.15, -0.1) is 0 Å². The van der Waals surface area contributed by atoms with E-state index in [2.05, 4.69) is 17.2 Å². The van der Waals surface area contributed by atoms with Crippen molar-refractivity contribution < 1.29 is 14.6 Å². The first-order valence-corrected chi connectivity index (χ1v) is 6.42. The third-order valence-electron chi connectivity index (χ3n) is 2.96. The molecule has 1 atom stereocenters. The fraction of sp³-hybridized carbons (Fsp3) is 0.400. The number of carbonyl (C=O) groups is 1. The molecular weight excluding hydrogens is 242 g/mol. The van der Waals surface area contributed by atoms with Crippen LogP contribution in [0, 0.1) is 11.8 Å². The van der Waals surface area contributed by atoms with Gasteiger partial charge < -0.3 is 15.2 Å². The lowest BCUT2D eigenvalue weighted by molar-refractivity contribution is -0.129. The smallest absolute Gasteiger partial charge is 0.253 e. The van der Waals surface area contributed by atoms with Gasteiger partial charge in [-0.25, -0.2) is 0 Å². The van der Waals surface area contributed by atoms with Crippen LogP contribution in [-0.4, -0.2) is 30.3 Å². The van der Waals surface area contributed by atoms with Gasteiger partial charge in [0.25, 0.3) is 5.91 Å². The zero-order valence-corrected chi connectivity index (χ0v) is 10.7. The summed E-state index contributed by atoms with van der Waals surface area (Å²) in [6.45, 7) is 0.443. The van der Waals surface area contributed by atoms with Crippen LogP contribution in [-0.2, 0) is 9.53 Å². The molecule has 0 aliphatic carbocycles. The average molecular weight is 259 g/mol. The van der Waals surface area contributed by atoms with E-state index in [0.29, 0.717) is 17.9 Å². The van der Waals surface area contributed by atoms with Crippen LogP contribution >= 0.6 is 0 Å². The Morgan fingerprint density at radius 2 is 2.26 bits per heavy atom. The summed E-state index contributed by atoms with van der Waals surface area (Å²) in [4.78, 5) is 12.1. The number of hydrogen-bond acceptors (Lipinski definition) is 3. The molecular formula is C15H17NO3. The maximum Gasteiger partial charge on any atom is 0.253 e. The summed E-state index contributed by atoms with van der Waals surface area (Å²) in [6.07, 6.45) is 2.43. The summed E-state index contributed by atoms with van der Waals surface area (Å²) in [7, 11) is 0. The van der Waals surface area contributed by atoms with Crippen molar-refractivity contribution in [3.63, 3.8) is 0 Å². The van der Waals surface area contributed by atoms with Crippen LogP contribution in [0.3, 0.4) is 0 Å². The molecule has 0 saturated carbocycles. The highest BCUT2D eigenvalue weighted by Gasteiger charge is 2.22. The Morgan fingerprint density at radius 1 is 1.42 bits per heavy atom. The van der Waals surface area contributed by atoms with E-state index in [1.807, 2.05) is 12.1 Å². The van der Waals surface area contributed by atoms with Crippen molar-refractivity contribution in [1.82, 2.24) is 0 Å². The summed E-state index contributed by atoms with van der Waals surface area (Å²) in [5.41, 5.74) is 1.35. The van der Waals surface area contributed by atoms with Gasteiger partial charge in [-0.2, -0.15) is 0 Å². The first-order chi connectivity index (χ1) is 9.31. The van der Waals surface area contributed by atoms with E-state index in [4.69, 9.17) is 9.84 Å². The molecule has 1 aliphatic heterocycles. The van der Waals surface area contributed by atoms with Gasteiger partial charge in [0.15, 0.2) is 0 Å². The second-order valence-corrected chi connectivity index (χ2v) is 4.35. The summed E-state index contributed by atoms with van der Waals surface area (Å²) in [5, 5.41) is 11.6. The van der Waals surface area contributed by atoms with Crippen molar-refractivity contribution in [2.75, 3.05) is 18.5 Å². The topological polar surface area (TPSA) is 58.6 Å². The zero-order chi connectivity index (χ0) is 13.5. The van der Waals surface area contributed by atoms with Gasteiger partial charge in [0.05, 0.1) is 5.69 Å². The van der Waals surface area contributed by atoms with Crippen LogP contribution < -0.4 is 5.32 Å². The minimum absolute atomic E-state index is 0.127. The Bertz CT molecular complexity index is 496. The Labute approximate surface area is 112 Å². The Hall–Kier alpha value is -1.83. The fourth-order valence-electron chi connectivity index (χ4n) is 2.00. The van der Waals surface area contributed by atoms with Crippen molar-refractivity contribution in [3.8, 4) is 11.8 Å². The Balaban J connectivity index is 2.07. The molecule has 100 valence electrons. The maximum absolute atomic E-state index is 12.1. The van der Waals surface area contributed by atoms with Crippen LogP contribution in [0.15, 0.2) is 24.3 Å². The first-order valence-electron chi connectivity index (χ1n) is 6.42. The molecule has 0 aromatic heterocycles. The second-order valence-electron chi connectivity index (χ2n) is 4.35. The number of aliphatic hydroxyl groups excluding tert-OH is 1. The molecule has 0 bridgehead atoms. The molecule has 1 heterocycles. The number of amides is 1.